The Morgan fingerprint density at radius 1 is 1.22 bits per heavy atom. The van der Waals surface area contributed by atoms with Gasteiger partial charge in [-0.2, -0.15) is 0 Å². The van der Waals surface area contributed by atoms with Crippen molar-refractivity contribution >= 4 is 5.78 Å². The molecule has 0 aliphatic rings. The number of allylic oxidation sites excluding steroid dienone is 3. The number of Topliss-reactive ketones (excluding diaryl/α,β-unsaturated/α-hetero) is 1. The molecule has 0 aromatic heterocycles. The molecule has 0 amide bonds. The number of carbonyl (C=O) groups is 1. The lowest BCUT2D eigenvalue weighted by atomic mass is 9.87. The smallest absolute Gasteiger partial charge is 0.216 e. The number of hydrogen-bond donors (Lipinski definition) is 2. The Hall–Kier alpha value is -1.09. The van der Waals surface area contributed by atoms with E-state index in [-0.39, 0.29) is 11.5 Å². The van der Waals surface area contributed by atoms with Crippen molar-refractivity contribution < 1.29 is 9.90 Å². The van der Waals surface area contributed by atoms with Gasteiger partial charge < -0.3 is 10.8 Å². The molecule has 3 heteroatoms. The predicted molar refractivity (Wildman–Crippen MR) is 76.5 cm³/mol. The summed E-state index contributed by atoms with van der Waals surface area (Å²) >= 11 is 0. The minimum Gasteiger partial charge on any atom is -0.504 e. The molecule has 3 nitrogen and oxygen atoms in total. The molecule has 0 heterocycles. The minimum atomic E-state index is -0.929. The monoisotopic (exact) mass is 253 g/mol. The molecule has 0 aromatic carbocycles. The zero-order valence-corrected chi connectivity index (χ0v) is 12.3. The summed E-state index contributed by atoms with van der Waals surface area (Å²) in [5.74, 6) is -0.481. The molecule has 0 aliphatic heterocycles. The first-order chi connectivity index (χ1) is 8.28. The van der Waals surface area contributed by atoms with Crippen LogP contribution in [0.1, 0.15) is 60.3 Å². The molecule has 3 N–H and O–H groups in total. The van der Waals surface area contributed by atoms with Crippen LogP contribution in [0.15, 0.2) is 23.0 Å². The van der Waals surface area contributed by atoms with E-state index < -0.39 is 5.54 Å². The fourth-order valence-corrected chi connectivity index (χ4v) is 1.70. The molecule has 0 aliphatic carbocycles. The van der Waals surface area contributed by atoms with Crippen LogP contribution in [0.5, 0.6) is 0 Å². The lowest BCUT2D eigenvalue weighted by Gasteiger charge is -2.24. The number of aliphatic hydroxyl groups excluding tert-OH is 1. The SMILES string of the molecule is CCC(N)(CC)C(=O)/C(O)=C(/C)CCC=C(C)C. The third kappa shape index (κ3) is 4.65. The molecule has 0 aromatic rings. The first-order valence-corrected chi connectivity index (χ1v) is 6.64. The molecule has 0 saturated heterocycles. The predicted octanol–water partition coefficient (Wildman–Crippen LogP) is 3.65. The van der Waals surface area contributed by atoms with Gasteiger partial charge in [-0.25, -0.2) is 0 Å². The fourth-order valence-electron chi connectivity index (χ4n) is 1.70. The van der Waals surface area contributed by atoms with E-state index in [0.29, 0.717) is 24.8 Å². The average Bonchev–Trinajstić information content (AvgIpc) is 2.35. The highest BCUT2D eigenvalue weighted by Gasteiger charge is 2.33. The highest BCUT2D eigenvalue weighted by molar-refractivity contribution is 6.01. The summed E-state index contributed by atoms with van der Waals surface area (Å²) in [6.45, 7) is 9.59. The quantitative estimate of drug-likeness (QED) is 0.413. The second-order valence-corrected chi connectivity index (χ2v) is 5.14. The summed E-state index contributed by atoms with van der Waals surface area (Å²) in [5, 5.41) is 9.98. The zero-order valence-electron chi connectivity index (χ0n) is 12.3. The lowest BCUT2D eigenvalue weighted by Crippen LogP contribution is -2.47. The molecule has 0 fully saturated rings. The van der Waals surface area contributed by atoms with Crippen molar-refractivity contribution in [3.05, 3.63) is 23.0 Å². The van der Waals surface area contributed by atoms with Gasteiger partial charge in [-0.15, -0.1) is 0 Å². The first-order valence-electron chi connectivity index (χ1n) is 6.64. The Balaban J connectivity index is 4.84. The van der Waals surface area contributed by atoms with E-state index in [1.165, 1.54) is 5.57 Å². The van der Waals surface area contributed by atoms with Crippen LogP contribution < -0.4 is 5.73 Å². The number of ketones is 1. The normalized spacial score (nSPS) is 13.0. The van der Waals surface area contributed by atoms with Gasteiger partial charge in [0.2, 0.25) is 5.78 Å². The van der Waals surface area contributed by atoms with Gasteiger partial charge in [0.05, 0.1) is 5.54 Å². The van der Waals surface area contributed by atoms with Crippen LogP contribution in [-0.2, 0) is 4.79 Å². The highest BCUT2D eigenvalue weighted by atomic mass is 16.3. The van der Waals surface area contributed by atoms with Crippen molar-refractivity contribution in [3.63, 3.8) is 0 Å². The van der Waals surface area contributed by atoms with Crippen LogP contribution in [-0.4, -0.2) is 16.4 Å². The molecular weight excluding hydrogens is 226 g/mol. The Kier molecular flexibility index (Phi) is 6.92. The van der Waals surface area contributed by atoms with Crippen LogP contribution >= 0.6 is 0 Å². The maximum absolute atomic E-state index is 12.1. The summed E-state index contributed by atoms with van der Waals surface area (Å²) in [6.07, 6.45) is 4.69. The summed E-state index contributed by atoms with van der Waals surface area (Å²) in [7, 11) is 0. The highest BCUT2D eigenvalue weighted by Crippen LogP contribution is 2.20. The van der Waals surface area contributed by atoms with E-state index in [9.17, 15) is 9.90 Å². The van der Waals surface area contributed by atoms with Crippen molar-refractivity contribution in [1.29, 1.82) is 0 Å². The molecule has 18 heavy (non-hydrogen) atoms. The van der Waals surface area contributed by atoms with Gasteiger partial charge in [-0.1, -0.05) is 25.5 Å². The Morgan fingerprint density at radius 3 is 2.11 bits per heavy atom. The molecule has 0 rings (SSSR count). The summed E-state index contributed by atoms with van der Waals surface area (Å²) < 4.78 is 0. The lowest BCUT2D eigenvalue weighted by molar-refractivity contribution is -0.123. The Morgan fingerprint density at radius 2 is 1.72 bits per heavy atom. The van der Waals surface area contributed by atoms with Gasteiger partial charge in [0, 0.05) is 0 Å². The van der Waals surface area contributed by atoms with Crippen molar-refractivity contribution in [3.8, 4) is 0 Å². The van der Waals surface area contributed by atoms with Crippen molar-refractivity contribution in [1.82, 2.24) is 0 Å². The summed E-state index contributed by atoms with van der Waals surface area (Å²) in [6, 6.07) is 0. The van der Waals surface area contributed by atoms with Crippen molar-refractivity contribution in [2.45, 2.75) is 65.8 Å². The van der Waals surface area contributed by atoms with Gasteiger partial charge in [0.1, 0.15) is 0 Å². The molecule has 0 spiro atoms. The molecule has 0 bridgehead atoms. The van der Waals surface area contributed by atoms with Gasteiger partial charge in [0.15, 0.2) is 5.76 Å². The third-order valence-corrected chi connectivity index (χ3v) is 3.41. The number of carbonyl (C=O) groups excluding carboxylic acids is 1. The van der Waals surface area contributed by atoms with Crippen LogP contribution in [0.4, 0.5) is 0 Å². The number of nitrogens with two attached hydrogens (primary N) is 1. The standard InChI is InChI=1S/C15H27NO2/c1-6-15(16,7-2)14(18)13(17)12(5)10-8-9-11(3)4/h9,17H,6-8,10,16H2,1-5H3/b13-12+. The largest absolute Gasteiger partial charge is 0.504 e. The van der Waals surface area contributed by atoms with E-state index in [2.05, 4.69) is 6.08 Å². The van der Waals surface area contributed by atoms with E-state index >= 15 is 0 Å². The van der Waals surface area contributed by atoms with Crippen LogP contribution in [0.2, 0.25) is 0 Å². The van der Waals surface area contributed by atoms with E-state index in [4.69, 9.17) is 5.73 Å². The zero-order chi connectivity index (χ0) is 14.3. The fraction of sp³-hybridized carbons (Fsp3) is 0.667. The molecule has 0 atom stereocenters. The number of hydrogen-bond acceptors (Lipinski definition) is 3. The van der Waals surface area contributed by atoms with E-state index in [1.54, 1.807) is 6.92 Å². The van der Waals surface area contributed by atoms with Crippen molar-refractivity contribution in [2.75, 3.05) is 0 Å². The van der Waals surface area contributed by atoms with Crippen molar-refractivity contribution in [2.24, 2.45) is 5.73 Å². The van der Waals surface area contributed by atoms with Gasteiger partial charge in [0.25, 0.3) is 0 Å². The number of aliphatic hydroxyl groups is 1. The summed E-state index contributed by atoms with van der Waals surface area (Å²) in [4.78, 5) is 12.1. The molecular formula is C15H27NO2. The average molecular weight is 253 g/mol. The van der Waals surface area contributed by atoms with Crippen LogP contribution in [0.25, 0.3) is 0 Å². The maximum Gasteiger partial charge on any atom is 0.216 e. The van der Waals surface area contributed by atoms with E-state index in [0.717, 1.165) is 6.42 Å². The van der Waals surface area contributed by atoms with Crippen LogP contribution in [0, 0.1) is 0 Å². The number of rotatable bonds is 7. The second kappa shape index (κ2) is 7.37. The molecule has 0 radical (unpaired) electrons. The second-order valence-electron chi connectivity index (χ2n) is 5.14. The maximum atomic E-state index is 12.1. The Labute approximate surface area is 111 Å². The third-order valence-electron chi connectivity index (χ3n) is 3.41. The minimum absolute atomic E-state index is 0.150. The summed E-state index contributed by atoms with van der Waals surface area (Å²) in [5.41, 5.74) is 7.03. The first kappa shape index (κ1) is 16.9. The van der Waals surface area contributed by atoms with Gasteiger partial charge >= 0.3 is 0 Å². The molecule has 0 saturated carbocycles. The molecule has 104 valence electrons. The topological polar surface area (TPSA) is 63.3 Å². The van der Waals surface area contributed by atoms with Gasteiger partial charge in [-0.3, -0.25) is 4.79 Å². The van der Waals surface area contributed by atoms with Gasteiger partial charge in [-0.05, 0) is 52.0 Å². The molecule has 0 unspecified atom stereocenters. The van der Waals surface area contributed by atoms with E-state index in [1.807, 2.05) is 27.7 Å². The Bertz CT molecular complexity index is 346. The van der Waals surface area contributed by atoms with Crippen LogP contribution in [0.3, 0.4) is 0 Å².